The van der Waals surface area contributed by atoms with Crippen LogP contribution in [-0.2, 0) is 20.8 Å². The number of nitrogens with one attached hydrogen (secondary N) is 2. The molecule has 0 aliphatic carbocycles. The third-order valence-corrected chi connectivity index (χ3v) is 5.26. The largest absolute Gasteiger partial charge is 0.417 e. The van der Waals surface area contributed by atoms with Crippen LogP contribution in [0.25, 0.3) is 0 Å². The van der Waals surface area contributed by atoms with Gasteiger partial charge in [-0.3, -0.25) is 9.59 Å². The first-order valence-electron chi connectivity index (χ1n) is 7.07. The summed E-state index contributed by atoms with van der Waals surface area (Å²) in [6, 6.07) is 5.76. The number of rotatable bonds is 5. The van der Waals surface area contributed by atoms with Crippen molar-refractivity contribution in [3.8, 4) is 0 Å². The number of hydrogen-bond acceptors (Lipinski definition) is 4. The molecule has 140 valence electrons. The van der Waals surface area contributed by atoms with Crippen molar-refractivity contribution < 1.29 is 26.4 Å². The molecule has 11 heteroatoms. The second-order valence-corrected chi connectivity index (χ2v) is 7.75. The number of hydrogen-bond donors (Lipinski definition) is 2. The molecule has 0 aliphatic rings. The Morgan fingerprint density at radius 3 is 2.38 bits per heavy atom. The number of carbonyl (C=O) groups is 1. The van der Waals surface area contributed by atoms with E-state index < -0.39 is 50.9 Å². The van der Waals surface area contributed by atoms with Gasteiger partial charge in [0, 0.05) is 17.6 Å². The highest BCUT2D eigenvalue weighted by Crippen LogP contribution is 2.29. The average molecular weight is 409 g/mol. The second kappa shape index (κ2) is 7.50. The van der Waals surface area contributed by atoms with Gasteiger partial charge in [0.2, 0.25) is 5.91 Å². The van der Waals surface area contributed by atoms with Crippen LogP contribution in [0.5, 0.6) is 0 Å². The van der Waals surface area contributed by atoms with Gasteiger partial charge in [0.25, 0.3) is 5.56 Å². The summed E-state index contributed by atoms with van der Waals surface area (Å²) in [7, 11) is -3.79. The molecular weight excluding hydrogens is 397 g/mol. The van der Waals surface area contributed by atoms with Gasteiger partial charge in [-0.05, 0) is 30.3 Å². The standard InChI is InChI=1S/C15H12ClF3N2O4S/c16-10-1-3-11(4-2-10)26(24,25)6-5-13(22)21-12-7-9(15(17,18)19)8-20-14(12)23/h1-4,7-8H,5-6H2,(H,20,23)(H,21,22). The van der Waals surface area contributed by atoms with Crippen LogP contribution in [0.15, 0.2) is 46.2 Å². The van der Waals surface area contributed by atoms with E-state index in [1.165, 1.54) is 24.3 Å². The first-order chi connectivity index (χ1) is 12.0. The van der Waals surface area contributed by atoms with Crippen LogP contribution < -0.4 is 10.9 Å². The number of amides is 1. The normalized spacial score (nSPS) is 12.0. The van der Waals surface area contributed by atoms with Crippen molar-refractivity contribution in [1.82, 2.24) is 4.98 Å². The summed E-state index contributed by atoms with van der Waals surface area (Å²) >= 11 is 5.67. The second-order valence-electron chi connectivity index (χ2n) is 5.20. The van der Waals surface area contributed by atoms with Crippen LogP contribution in [0.2, 0.25) is 5.02 Å². The van der Waals surface area contributed by atoms with Gasteiger partial charge in [-0.15, -0.1) is 0 Å². The number of sulfone groups is 1. The Morgan fingerprint density at radius 2 is 1.81 bits per heavy atom. The smallest absolute Gasteiger partial charge is 0.327 e. The zero-order valence-electron chi connectivity index (χ0n) is 12.9. The number of aromatic amines is 1. The summed E-state index contributed by atoms with van der Waals surface area (Å²) in [5.74, 6) is -1.50. The lowest BCUT2D eigenvalue weighted by Gasteiger charge is -2.09. The molecule has 0 saturated heterocycles. The molecule has 1 aromatic carbocycles. The maximum Gasteiger partial charge on any atom is 0.417 e. The number of alkyl halides is 3. The summed E-state index contributed by atoms with van der Waals surface area (Å²) < 4.78 is 62.1. The van der Waals surface area contributed by atoms with Crippen molar-refractivity contribution in [2.75, 3.05) is 11.1 Å². The van der Waals surface area contributed by atoms with Crippen LogP contribution in [-0.4, -0.2) is 25.1 Å². The molecule has 2 N–H and O–H groups in total. The summed E-state index contributed by atoms with van der Waals surface area (Å²) in [4.78, 5) is 25.2. The minimum atomic E-state index is -4.71. The first kappa shape index (κ1) is 20.0. The molecule has 26 heavy (non-hydrogen) atoms. The van der Waals surface area contributed by atoms with Crippen LogP contribution in [0.1, 0.15) is 12.0 Å². The Hall–Kier alpha value is -2.33. The summed E-state index contributed by atoms with van der Waals surface area (Å²) in [6.45, 7) is 0. The van der Waals surface area contributed by atoms with E-state index in [0.717, 1.165) is 0 Å². The van der Waals surface area contributed by atoms with Gasteiger partial charge in [0.15, 0.2) is 9.84 Å². The fourth-order valence-electron chi connectivity index (χ4n) is 1.94. The molecule has 1 heterocycles. The minimum absolute atomic E-state index is 0.0494. The average Bonchev–Trinajstić information content (AvgIpc) is 2.54. The third kappa shape index (κ3) is 5.09. The zero-order valence-corrected chi connectivity index (χ0v) is 14.5. The van der Waals surface area contributed by atoms with Crippen LogP contribution in [0, 0.1) is 0 Å². The first-order valence-corrected chi connectivity index (χ1v) is 9.10. The van der Waals surface area contributed by atoms with Gasteiger partial charge in [-0.2, -0.15) is 13.2 Å². The van der Waals surface area contributed by atoms with Gasteiger partial charge in [-0.25, -0.2) is 8.42 Å². The lowest BCUT2D eigenvalue weighted by Crippen LogP contribution is -2.23. The van der Waals surface area contributed by atoms with E-state index in [9.17, 15) is 31.2 Å². The van der Waals surface area contributed by atoms with E-state index in [0.29, 0.717) is 17.3 Å². The highest BCUT2D eigenvalue weighted by Gasteiger charge is 2.31. The Balaban J connectivity index is 2.07. The molecular formula is C15H12ClF3N2O4S. The van der Waals surface area contributed by atoms with Gasteiger partial charge in [0.05, 0.1) is 16.2 Å². The van der Waals surface area contributed by atoms with Gasteiger partial charge >= 0.3 is 6.18 Å². The number of carbonyl (C=O) groups excluding carboxylic acids is 1. The lowest BCUT2D eigenvalue weighted by atomic mass is 10.2. The summed E-state index contributed by atoms with van der Waals surface area (Å²) in [5.41, 5.74) is -2.71. The van der Waals surface area contributed by atoms with E-state index in [-0.39, 0.29) is 4.90 Å². The van der Waals surface area contributed by atoms with Crippen molar-refractivity contribution in [1.29, 1.82) is 0 Å². The van der Waals surface area contributed by atoms with E-state index >= 15 is 0 Å². The Labute approximate surface area is 150 Å². The fourth-order valence-corrected chi connectivity index (χ4v) is 3.31. The molecule has 0 atom stereocenters. The Bertz CT molecular complexity index is 970. The van der Waals surface area contributed by atoms with Crippen molar-refractivity contribution >= 4 is 33.0 Å². The molecule has 2 rings (SSSR count). The molecule has 0 spiro atoms. The molecule has 0 unspecified atom stereocenters. The van der Waals surface area contributed by atoms with Crippen molar-refractivity contribution in [2.45, 2.75) is 17.5 Å². The van der Waals surface area contributed by atoms with Crippen molar-refractivity contribution in [2.24, 2.45) is 0 Å². The van der Waals surface area contributed by atoms with Gasteiger partial charge in [-0.1, -0.05) is 11.6 Å². The van der Waals surface area contributed by atoms with E-state index in [4.69, 9.17) is 11.6 Å². The third-order valence-electron chi connectivity index (χ3n) is 3.28. The molecule has 0 radical (unpaired) electrons. The molecule has 1 amide bonds. The predicted octanol–water partition coefficient (Wildman–Crippen LogP) is 2.85. The fraction of sp³-hybridized carbons (Fsp3) is 0.200. The molecule has 0 fully saturated rings. The molecule has 1 aromatic heterocycles. The van der Waals surface area contributed by atoms with E-state index in [1.54, 1.807) is 0 Å². The highest BCUT2D eigenvalue weighted by molar-refractivity contribution is 7.91. The number of halogens is 4. The zero-order chi connectivity index (χ0) is 19.5. The lowest BCUT2D eigenvalue weighted by molar-refractivity contribution is -0.137. The molecule has 2 aromatic rings. The van der Waals surface area contributed by atoms with Crippen molar-refractivity contribution in [3.05, 3.63) is 57.5 Å². The SMILES string of the molecule is O=C(CCS(=O)(=O)c1ccc(Cl)cc1)Nc1cc(C(F)(F)F)c[nH]c1=O. The minimum Gasteiger partial charge on any atom is -0.327 e. The molecule has 0 saturated carbocycles. The molecule has 0 aliphatic heterocycles. The maximum absolute atomic E-state index is 12.6. The van der Waals surface area contributed by atoms with E-state index in [2.05, 4.69) is 0 Å². The maximum atomic E-state index is 12.6. The van der Waals surface area contributed by atoms with Crippen LogP contribution in [0.3, 0.4) is 0 Å². The number of anilines is 1. The van der Waals surface area contributed by atoms with Crippen LogP contribution in [0.4, 0.5) is 18.9 Å². The predicted molar refractivity (Wildman–Crippen MR) is 88.8 cm³/mol. The van der Waals surface area contributed by atoms with Crippen LogP contribution >= 0.6 is 11.6 Å². The Kier molecular flexibility index (Phi) is 5.77. The van der Waals surface area contributed by atoms with E-state index in [1.807, 2.05) is 10.3 Å². The Morgan fingerprint density at radius 1 is 1.19 bits per heavy atom. The number of benzene rings is 1. The summed E-state index contributed by atoms with van der Waals surface area (Å²) in [5, 5.41) is 2.33. The van der Waals surface area contributed by atoms with Gasteiger partial charge in [0.1, 0.15) is 5.69 Å². The summed E-state index contributed by atoms with van der Waals surface area (Å²) in [6.07, 6.45) is -4.77. The topological polar surface area (TPSA) is 96.1 Å². The monoisotopic (exact) mass is 408 g/mol. The number of pyridine rings is 1. The highest BCUT2D eigenvalue weighted by atomic mass is 35.5. The molecule has 6 nitrogen and oxygen atoms in total. The van der Waals surface area contributed by atoms with Crippen molar-refractivity contribution in [3.63, 3.8) is 0 Å². The number of aromatic nitrogens is 1. The number of H-pyrrole nitrogens is 1. The quantitative estimate of drug-likeness (QED) is 0.795. The van der Waals surface area contributed by atoms with Gasteiger partial charge < -0.3 is 10.3 Å². The molecule has 0 bridgehead atoms.